The molecule has 1 heterocycles. The molecule has 0 saturated carbocycles. The van der Waals surface area contributed by atoms with E-state index in [1.54, 1.807) is 6.07 Å². The summed E-state index contributed by atoms with van der Waals surface area (Å²) in [6, 6.07) is 9.85. The van der Waals surface area contributed by atoms with Gasteiger partial charge in [-0.3, -0.25) is 4.79 Å². The fourth-order valence-electron chi connectivity index (χ4n) is 2.68. The van der Waals surface area contributed by atoms with Crippen molar-refractivity contribution in [2.24, 2.45) is 4.99 Å². The van der Waals surface area contributed by atoms with Crippen LogP contribution in [0, 0.1) is 19.7 Å². The molecule has 118 valence electrons. The Hall–Kier alpha value is -2.27. The Morgan fingerprint density at radius 2 is 2.04 bits per heavy atom. The second-order valence-corrected chi connectivity index (χ2v) is 6.46. The Bertz CT molecular complexity index is 969. The number of hydrogen-bond donors (Lipinski definition) is 0. The van der Waals surface area contributed by atoms with Crippen molar-refractivity contribution < 1.29 is 9.18 Å². The maximum absolute atomic E-state index is 13.3. The van der Waals surface area contributed by atoms with Gasteiger partial charge in [0.25, 0.3) is 5.91 Å². The first-order valence-corrected chi connectivity index (χ1v) is 8.26. The monoisotopic (exact) mass is 328 g/mol. The first-order valence-electron chi connectivity index (χ1n) is 7.45. The van der Waals surface area contributed by atoms with E-state index in [0.717, 1.165) is 16.8 Å². The molecule has 0 aliphatic heterocycles. The molecular weight excluding hydrogens is 311 g/mol. The number of aromatic nitrogens is 1. The standard InChI is InChI=1S/C18H17FN2OS/c1-4-21-15-9-11(2)8-12(3)16(15)23-18(21)20-17(22)13-6-5-7-14(19)10-13/h5-10H,4H2,1-3H3. The highest BCUT2D eigenvalue weighted by molar-refractivity contribution is 7.16. The van der Waals surface area contributed by atoms with Crippen molar-refractivity contribution in [1.29, 1.82) is 0 Å². The maximum Gasteiger partial charge on any atom is 0.279 e. The molecule has 3 rings (SSSR count). The average molecular weight is 328 g/mol. The van der Waals surface area contributed by atoms with E-state index in [4.69, 9.17) is 0 Å². The van der Waals surface area contributed by atoms with E-state index in [1.165, 1.54) is 40.7 Å². The van der Waals surface area contributed by atoms with Gasteiger partial charge in [-0.05, 0) is 56.2 Å². The van der Waals surface area contributed by atoms with Gasteiger partial charge < -0.3 is 4.57 Å². The molecule has 0 spiro atoms. The second kappa shape index (κ2) is 6.08. The lowest BCUT2D eigenvalue weighted by molar-refractivity contribution is 0.0997. The third kappa shape index (κ3) is 2.97. The Kier molecular flexibility index (Phi) is 4.13. The summed E-state index contributed by atoms with van der Waals surface area (Å²) in [5.74, 6) is -0.857. The number of hydrogen-bond acceptors (Lipinski definition) is 2. The van der Waals surface area contributed by atoms with E-state index in [0.29, 0.717) is 4.80 Å². The van der Waals surface area contributed by atoms with Crippen molar-refractivity contribution in [1.82, 2.24) is 4.57 Å². The summed E-state index contributed by atoms with van der Waals surface area (Å²) >= 11 is 1.49. The minimum atomic E-state index is -0.433. The van der Waals surface area contributed by atoms with Crippen molar-refractivity contribution in [2.45, 2.75) is 27.3 Å². The Morgan fingerprint density at radius 1 is 1.26 bits per heavy atom. The predicted molar refractivity (Wildman–Crippen MR) is 91.3 cm³/mol. The van der Waals surface area contributed by atoms with Gasteiger partial charge in [0.05, 0.1) is 10.2 Å². The minimum absolute atomic E-state index is 0.262. The van der Waals surface area contributed by atoms with E-state index >= 15 is 0 Å². The SMILES string of the molecule is CCn1c(=NC(=O)c2cccc(F)c2)sc2c(C)cc(C)cc21. The number of benzene rings is 2. The zero-order chi connectivity index (χ0) is 16.6. The van der Waals surface area contributed by atoms with Gasteiger partial charge in [0, 0.05) is 12.1 Å². The Labute approximate surface area is 137 Å². The lowest BCUT2D eigenvalue weighted by Gasteiger charge is -2.03. The zero-order valence-electron chi connectivity index (χ0n) is 13.3. The molecule has 0 unspecified atom stereocenters. The third-order valence-electron chi connectivity index (χ3n) is 3.70. The molecule has 0 fully saturated rings. The van der Waals surface area contributed by atoms with Crippen LogP contribution < -0.4 is 4.80 Å². The number of thiazole rings is 1. The third-order valence-corrected chi connectivity index (χ3v) is 4.93. The number of carbonyl (C=O) groups excluding carboxylic acids is 1. The van der Waals surface area contributed by atoms with Gasteiger partial charge in [0.15, 0.2) is 4.80 Å². The van der Waals surface area contributed by atoms with Gasteiger partial charge >= 0.3 is 0 Å². The van der Waals surface area contributed by atoms with Crippen LogP contribution in [-0.2, 0) is 6.54 Å². The quantitative estimate of drug-likeness (QED) is 0.693. The normalized spacial score (nSPS) is 12.1. The van der Waals surface area contributed by atoms with Crippen molar-refractivity contribution in [3.63, 3.8) is 0 Å². The van der Waals surface area contributed by atoms with Crippen LogP contribution in [0.5, 0.6) is 0 Å². The van der Waals surface area contributed by atoms with Gasteiger partial charge in [0.1, 0.15) is 5.82 Å². The summed E-state index contributed by atoms with van der Waals surface area (Å²) in [6.07, 6.45) is 0. The molecule has 0 aliphatic rings. The molecule has 0 aliphatic carbocycles. The lowest BCUT2D eigenvalue weighted by atomic mass is 10.1. The lowest BCUT2D eigenvalue weighted by Crippen LogP contribution is -2.16. The van der Waals surface area contributed by atoms with Gasteiger partial charge in [-0.2, -0.15) is 4.99 Å². The van der Waals surface area contributed by atoms with Crippen LogP contribution in [0.2, 0.25) is 0 Å². The smallest absolute Gasteiger partial charge is 0.279 e. The van der Waals surface area contributed by atoms with Gasteiger partial charge in [0.2, 0.25) is 0 Å². The van der Waals surface area contributed by atoms with Gasteiger partial charge in [-0.1, -0.05) is 23.5 Å². The van der Waals surface area contributed by atoms with Crippen LogP contribution in [0.25, 0.3) is 10.2 Å². The second-order valence-electron chi connectivity index (χ2n) is 5.49. The summed E-state index contributed by atoms with van der Waals surface area (Å²) in [7, 11) is 0. The Morgan fingerprint density at radius 3 is 2.74 bits per heavy atom. The number of nitrogens with zero attached hydrogens (tertiary/aromatic N) is 2. The van der Waals surface area contributed by atoms with Gasteiger partial charge in [-0.25, -0.2) is 4.39 Å². The number of halogens is 1. The van der Waals surface area contributed by atoms with Crippen molar-refractivity contribution in [3.8, 4) is 0 Å². The highest BCUT2D eigenvalue weighted by Gasteiger charge is 2.10. The molecule has 2 aromatic carbocycles. The molecule has 0 saturated heterocycles. The summed E-state index contributed by atoms with van der Waals surface area (Å²) < 4.78 is 16.4. The molecule has 0 N–H and O–H groups in total. The van der Waals surface area contributed by atoms with Crippen LogP contribution in [0.1, 0.15) is 28.4 Å². The molecule has 0 atom stereocenters. The first-order chi connectivity index (χ1) is 11.0. The summed E-state index contributed by atoms with van der Waals surface area (Å²) in [6.45, 7) is 6.86. The molecule has 0 bridgehead atoms. The van der Waals surface area contributed by atoms with Crippen LogP contribution in [0.4, 0.5) is 4.39 Å². The van der Waals surface area contributed by atoms with E-state index in [2.05, 4.69) is 31.0 Å². The fraction of sp³-hybridized carbons (Fsp3) is 0.222. The topological polar surface area (TPSA) is 34.4 Å². The van der Waals surface area contributed by atoms with Crippen LogP contribution in [0.15, 0.2) is 41.4 Å². The number of amides is 1. The van der Waals surface area contributed by atoms with Crippen LogP contribution >= 0.6 is 11.3 Å². The first kappa shape index (κ1) is 15.6. The fourth-order valence-corrected chi connectivity index (χ4v) is 3.82. The number of fused-ring (bicyclic) bond motifs is 1. The van der Waals surface area contributed by atoms with E-state index in [-0.39, 0.29) is 5.56 Å². The van der Waals surface area contributed by atoms with Gasteiger partial charge in [-0.15, -0.1) is 0 Å². The van der Waals surface area contributed by atoms with Crippen molar-refractivity contribution in [3.05, 3.63) is 63.7 Å². The molecule has 1 aromatic heterocycles. The number of carbonyl (C=O) groups is 1. The predicted octanol–water partition coefficient (Wildman–Crippen LogP) is 4.22. The van der Waals surface area contributed by atoms with E-state index in [9.17, 15) is 9.18 Å². The summed E-state index contributed by atoms with van der Waals surface area (Å²) in [5, 5.41) is 0. The maximum atomic E-state index is 13.3. The van der Waals surface area contributed by atoms with Crippen molar-refractivity contribution >= 4 is 27.5 Å². The van der Waals surface area contributed by atoms with E-state index in [1.807, 2.05) is 11.5 Å². The molecule has 5 heteroatoms. The summed E-state index contributed by atoms with van der Waals surface area (Å²) in [4.78, 5) is 17.2. The Balaban J connectivity index is 2.19. The molecular formula is C18H17FN2OS. The summed E-state index contributed by atoms with van der Waals surface area (Å²) in [5.41, 5.74) is 3.70. The molecule has 3 nitrogen and oxygen atoms in total. The van der Waals surface area contributed by atoms with Crippen LogP contribution in [-0.4, -0.2) is 10.5 Å². The zero-order valence-corrected chi connectivity index (χ0v) is 14.1. The highest BCUT2D eigenvalue weighted by Crippen LogP contribution is 2.23. The van der Waals surface area contributed by atoms with Crippen LogP contribution in [0.3, 0.4) is 0 Å². The molecule has 0 radical (unpaired) electrons. The number of aryl methyl sites for hydroxylation is 3. The minimum Gasteiger partial charge on any atom is -0.317 e. The van der Waals surface area contributed by atoms with Crippen molar-refractivity contribution in [2.75, 3.05) is 0 Å². The van der Waals surface area contributed by atoms with E-state index < -0.39 is 11.7 Å². The highest BCUT2D eigenvalue weighted by atomic mass is 32.1. The molecule has 23 heavy (non-hydrogen) atoms. The average Bonchev–Trinajstić information content (AvgIpc) is 2.84. The molecule has 1 amide bonds. The number of rotatable bonds is 2. The largest absolute Gasteiger partial charge is 0.317 e. The molecule has 3 aromatic rings.